The predicted molar refractivity (Wildman–Crippen MR) is 133 cm³/mol. The lowest BCUT2D eigenvalue weighted by Gasteiger charge is -2.36. The molecule has 34 heavy (non-hydrogen) atoms. The van der Waals surface area contributed by atoms with E-state index in [2.05, 4.69) is 57.4 Å². The molecule has 4 rings (SSSR count). The summed E-state index contributed by atoms with van der Waals surface area (Å²) >= 11 is 0. The fourth-order valence-electron chi connectivity index (χ4n) is 4.95. The van der Waals surface area contributed by atoms with Crippen LogP contribution in [0, 0.1) is 17.2 Å². The van der Waals surface area contributed by atoms with E-state index in [1.165, 1.54) is 5.56 Å². The molecule has 3 aromatic rings. The quantitative estimate of drug-likeness (QED) is 0.528. The summed E-state index contributed by atoms with van der Waals surface area (Å²) in [5.41, 5.74) is 3.27. The molecule has 3 atom stereocenters. The number of benzene rings is 2. The van der Waals surface area contributed by atoms with Gasteiger partial charge in [0.05, 0.1) is 41.3 Å². The molecular formula is C28H33N5O. The van der Waals surface area contributed by atoms with E-state index in [1.807, 2.05) is 37.3 Å². The predicted octanol–water partition coefficient (Wildman–Crippen LogP) is 4.37. The highest BCUT2D eigenvalue weighted by Gasteiger charge is 2.34. The molecule has 176 valence electrons. The third-order valence-electron chi connectivity index (χ3n) is 6.91. The van der Waals surface area contributed by atoms with Crippen LogP contribution < -0.4 is 5.32 Å². The van der Waals surface area contributed by atoms with Crippen molar-refractivity contribution in [2.45, 2.75) is 44.6 Å². The van der Waals surface area contributed by atoms with Gasteiger partial charge in [0.2, 0.25) is 5.91 Å². The second-order valence-electron chi connectivity index (χ2n) is 9.68. The Morgan fingerprint density at radius 2 is 2.03 bits per heavy atom. The molecule has 2 heterocycles. The summed E-state index contributed by atoms with van der Waals surface area (Å²) in [7, 11) is 0. The largest absolute Gasteiger partial charge is 0.347 e. The number of aromatic amines is 1. The van der Waals surface area contributed by atoms with E-state index in [0.717, 1.165) is 43.7 Å². The molecule has 0 saturated carbocycles. The van der Waals surface area contributed by atoms with Crippen molar-refractivity contribution in [3.05, 3.63) is 89.5 Å². The number of nitrogens with zero attached hydrogens (tertiary/aromatic N) is 3. The molecule has 1 aliphatic rings. The summed E-state index contributed by atoms with van der Waals surface area (Å²) in [5, 5.41) is 12.4. The van der Waals surface area contributed by atoms with E-state index in [-0.39, 0.29) is 11.8 Å². The number of hydrogen-bond acceptors (Lipinski definition) is 4. The Labute approximate surface area is 202 Å². The maximum atomic E-state index is 13.5. The zero-order valence-electron chi connectivity index (χ0n) is 20.0. The van der Waals surface area contributed by atoms with Gasteiger partial charge in [-0.3, -0.25) is 4.79 Å². The van der Waals surface area contributed by atoms with Gasteiger partial charge in [0.1, 0.15) is 0 Å². The Morgan fingerprint density at radius 3 is 2.71 bits per heavy atom. The molecule has 1 aromatic heterocycles. The van der Waals surface area contributed by atoms with E-state index in [9.17, 15) is 4.79 Å². The summed E-state index contributed by atoms with van der Waals surface area (Å²) < 4.78 is 0. The van der Waals surface area contributed by atoms with Gasteiger partial charge in [-0.05, 0) is 55.5 Å². The van der Waals surface area contributed by atoms with E-state index in [4.69, 9.17) is 5.26 Å². The van der Waals surface area contributed by atoms with Gasteiger partial charge in [-0.25, -0.2) is 4.98 Å². The number of nitrogens with one attached hydrogen (secondary N) is 2. The number of rotatable bonds is 8. The minimum Gasteiger partial charge on any atom is -0.347 e. The van der Waals surface area contributed by atoms with Gasteiger partial charge >= 0.3 is 0 Å². The molecule has 2 aromatic carbocycles. The molecular weight excluding hydrogens is 422 g/mol. The number of amides is 1. The Kier molecular flexibility index (Phi) is 7.44. The number of piperidine rings is 1. The second-order valence-corrected chi connectivity index (χ2v) is 9.68. The normalized spacial score (nSPS) is 19.0. The fraction of sp³-hybridized carbons (Fsp3) is 0.393. The number of carbonyl (C=O) groups is 1. The van der Waals surface area contributed by atoms with Crippen molar-refractivity contribution in [1.82, 2.24) is 20.2 Å². The first kappa shape index (κ1) is 23.7. The van der Waals surface area contributed by atoms with Crippen molar-refractivity contribution >= 4 is 5.91 Å². The Balaban J connectivity index is 1.44. The van der Waals surface area contributed by atoms with Gasteiger partial charge in [0.15, 0.2) is 0 Å². The summed E-state index contributed by atoms with van der Waals surface area (Å²) in [6.07, 6.45) is 5.95. The number of hydrogen-bond donors (Lipinski definition) is 2. The second kappa shape index (κ2) is 10.7. The monoisotopic (exact) mass is 455 g/mol. The van der Waals surface area contributed by atoms with Crippen molar-refractivity contribution in [3.8, 4) is 6.07 Å². The minimum absolute atomic E-state index is 0.0417. The third-order valence-corrected chi connectivity index (χ3v) is 6.91. The lowest BCUT2D eigenvalue weighted by Crippen LogP contribution is -2.51. The number of nitriles is 1. The van der Waals surface area contributed by atoms with Gasteiger partial charge in [0.25, 0.3) is 0 Å². The Morgan fingerprint density at radius 1 is 1.26 bits per heavy atom. The van der Waals surface area contributed by atoms with Crippen molar-refractivity contribution in [2.75, 3.05) is 19.6 Å². The zero-order valence-corrected chi connectivity index (χ0v) is 20.0. The van der Waals surface area contributed by atoms with E-state index < -0.39 is 5.54 Å². The van der Waals surface area contributed by atoms with Crippen molar-refractivity contribution < 1.29 is 4.79 Å². The van der Waals surface area contributed by atoms with E-state index >= 15 is 0 Å². The molecule has 6 heteroatoms. The number of aromatic nitrogens is 2. The molecule has 0 bridgehead atoms. The molecule has 6 nitrogen and oxygen atoms in total. The molecule has 1 fully saturated rings. The first-order valence-electron chi connectivity index (χ1n) is 12.0. The van der Waals surface area contributed by atoms with Crippen LogP contribution in [0.1, 0.15) is 55.0 Å². The van der Waals surface area contributed by atoms with Crippen LogP contribution in [-0.2, 0) is 16.8 Å². The van der Waals surface area contributed by atoms with Crippen molar-refractivity contribution in [1.29, 1.82) is 5.26 Å². The maximum Gasteiger partial charge on any atom is 0.225 e. The highest BCUT2D eigenvalue weighted by atomic mass is 16.2. The summed E-state index contributed by atoms with van der Waals surface area (Å²) in [6, 6.07) is 20.3. The first-order valence-corrected chi connectivity index (χ1v) is 12.0. The molecule has 0 aliphatic carbocycles. The fourth-order valence-corrected chi connectivity index (χ4v) is 4.95. The average molecular weight is 456 g/mol. The molecule has 1 saturated heterocycles. The van der Waals surface area contributed by atoms with Gasteiger partial charge in [0, 0.05) is 19.5 Å². The first-order chi connectivity index (χ1) is 16.5. The highest BCUT2D eigenvalue weighted by molar-refractivity contribution is 5.80. The lowest BCUT2D eigenvalue weighted by atomic mass is 9.87. The van der Waals surface area contributed by atoms with Gasteiger partial charge in [-0.1, -0.05) is 49.4 Å². The number of likely N-dealkylation sites (tertiary alicyclic amines) is 1. The molecule has 3 unspecified atom stereocenters. The van der Waals surface area contributed by atoms with Crippen LogP contribution in [0.4, 0.5) is 0 Å². The van der Waals surface area contributed by atoms with Crippen LogP contribution >= 0.6 is 0 Å². The van der Waals surface area contributed by atoms with Crippen LogP contribution in [0.3, 0.4) is 0 Å². The average Bonchev–Trinajstić information content (AvgIpc) is 3.41. The highest BCUT2D eigenvalue weighted by Crippen LogP contribution is 2.27. The number of H-pyrrole nitrogens is 1. The minimum atomic E-state index is -0.624. The zero-order chi connectivity index (χ0) is 24.0. The van der Waals surface area contributed by atoms with Gasteiger partial charge in [-0.15, -0.1) is 0 Å². The summed E-state index contributed by atoms with van der Waals surface area (Å²) in [4.78, 5) is 23.3. The standard InChI is InChI=1S/C28H33N5O/c1-21(24-7-4-3-5-8-24)18-33-14-6-9-25(19-33)27(34)32-28(2,26-17-30-20-31-26)15-22-10-12-23(16-29)13-11-22/h3-5,7-8,10-13,17,20-21,25H,6,9,14-15,18-19H2,1-2H3,(H,30,31)(H,32,34). The third kappa shape index (κ3) is 5.73. The van der Waals surface area contributed by atoms with Crippen LogP contribution in [-0.4, -0.2) is 40.4 Å². The molecule has 0 spiro atoms. The van der Waals surface area contributed by atoms with Gasteiger partial charge < -0.3 is 15.2 Å². The van der Waals surface area contributed by atoms with E-state index in [0.29, 0.717) is 17.9 Å². The smallest absolute Gasteiger partial charge is 0.225 e. The van der Waals surface area contributed by atoms with Crippen molar-refractivity contribution in [2.24, 2.45) is 5.92 Å². The van der Waals surface area contributed by atoms with Crippen molar-refractivity contribution in [3.63, 3.8) is 0 Å². The summed E-state index contributed by atoms with van der Waals surface area (Å²) in [5.74, 6) is 0.470. The Bertz CT molecular complexity index is 1100. The molecule has 1 aliphatic heterocycles. The van der Waals surface area contributed by atoms with E-state index in [1.54, 1.807) is 12.5 Å². The lowest BCUT2D eigenvalue weighted by molar-refractivity contribution is -0.128. The molecule has 1 amide bonds. The molecule has 2 N–H and O–H groups in total. The number of imidazole rings is 1. The van der Waals surface area contributed by atoms with Gasteiger partial charge in [-0.2, -0.15) is 5.26 Å². The summed E-state index contributed by atoms with van der Waals surface area (Å²) in [6.45, 7) is 7.06. The molecule has 0 radical (unpaired) electrons. The number of carbonyl (C=O) groups excluding carboxylic acids is 1. The van der Waals surface area contributed by atoms with Crippen LogP contribution in [0.25, 0.3) is 0 Å². The SMILES string of the molecule is CC(CN1CCCC(C(=O)NC(C)(Cc2ccc(C#N)cc2)c2cnc[nH]2)C1)c1ccccc1. The van der Waals surface area contributed by atoms with Crippen LogP contribution in [0.15, 0.2) is 67.1 Å². The van der Waals surface area contributed by atoms with Crippen LogP contribution in [0.2, 0.25) is 0 Å². The maximum absolute atomic E-state index is 13.5. The topological polar surface area (TPSA) is 84.8 Å². The van der Waals surface area contributed by atoms with Crippen LogP contribution in [0.5, 0.6) is 0 Å². The Hall–Kier alpha value is -3.43.